The van der Waals surface area contributed by atoms with Crippen molar-refractivity contribution in [2.45, 2.75) is 38.1 Å². The molecular weight excluding hydrogens is 314 g/mol. The summed E-state index contributed by atoms with van der Waals surface area (Å²) in [5.74, 6) is 0.747. The van der Waals surface area contributed by atoms with Gasteiger partial charge < -0.3 is 10.1 Å². The van der Waals surface area contributed by atoms with E-state index in [1.54, 1.807) is 0 Å². The first-order valence-corrected chi connectivity index (χ1v) is 7.74. The Bertz CT molecular complexity index is 380. The molecule has 1 fully saturated rings. The van der Waals surface area contributed by atoms with Crippen LogP contribution >= 0.6 is 27.5 Å². The second-order valence-corrected chi connectivity index (χ2v) is 6.04. The zero-order chi connectivity index (χ0) is 12.8. The van der Waals surface area contributed by atoms with Crippen LogP contribution in [0.5, 0.6) is 5.75 Å². The van der Waals surface area contributed by atoms with Crippen molar-refractivity contribution in [3.8, 4) is 5.75 Å². The van der Waals surface area contributed by atoms with E-state index in [-0.39, 0.29) is 0 Å². The molecule has 0 aliphatic heterocycles. The van der Waals surface area contributed by atoms with E-state index >= 15 is 0 Å². The van der Waals surface area contributed by atoms with E-state index < -0.39 is 0 Å². The van der Waals surface area contributed by atoms with Crippen LogP contribution in [0.25, 0.3) is 0 Å². The van der Waals surface area contributed by atoms with Crippen molar-refractivity contribution in [3.05, 3.63) is 27.7 Å². The molecule has 100 valence electrons. The molecule has 0 bridgehead atoms. The van der Waals surface area contributed by atoms with Gasteiger partial charge in [0.1, 0.15) is 12.4 Å². The summed E-state index contributed by atoms with van der Waals surface area (Å²) in [6.07, 6.45) is 6.71. The van der Waals surface area contributed by atoms with E-state index in [9.17, 15) is 0 Å². The standard InChI is InChI=1S/C14H19BrClNO/c15-11-6-7-13(16)14(10-11)18-9-8-17-12-4-2-1-3-5-12/h6-7,10,12,17H,1-5,8-9H2. The molecule has 0 saturated heterocycles. The lowest BCUT2D eigenvalue weighted by atomic mass is 9.96. The predicted molar refractivity (Wildman–Crippen MR) is 79.5 cm³/mol. The third-order valence-corrected chi connectivity index (χ3v) is 4.10. The highest BCUT2D eigenvalue weighted by atomic mass is 79.9. The third kappa shape index (κ3) is 4.45. The average Bonchev–Trinajstić information content (AvgIpc) is 2.40. The van der Waals surface area contributed by atoms with Crippen LogP contribution < -0.4 is 10.1 Å². The van der Waals surface area contributed by atoms with Gasteiger partial charge in [-0.1, -0.05) is 46.8 Å². The zero-order valence-electron chi connectivity index (χ0n) is 10.4. The van der Waals surface area contributed by atoms with Gasteiger partial charge in [-0.2, -0.15) is 0 Å². The molecule has 0 heterocycles. The van der Waals surface area contributed by atoms with Crippen molar-refractivity contribution >= 4 is 27.5 Å². The van der Waals surface area contributed by atoms with Crippen LogP contribution in [-0.2, 0) is 0 Å². The van der Waals surface area contributed by atoms with Crippen molar-refractivity contribution in [1.29, 1.82) is 0 Å². The van der Waals surface area contributed by atoms with Crippen molar-refractivity contribution in [1.82, 2.24) is 5.32 Å². The van der Waals surface area contributed by atoms with E-state index in [1.165, 1.54) is 32.1 Å². The SMILES string of the molecule is Clc1ccc(Br)cc1OCCNC1CCCCC1. The average molecular weight is 333 g/mol. The molecular formula is C14H19BrClNO. The van der Waals surface area contributed by atoms with Crippen LogP contribution in [0.15, 0.2) is 22.7 Å². The van der Waals surface area contributed by atoms with Gasteiger partial charge in [0, 0.05) is 17.1 Å². The van der Waals surface area contributed by atoms with Crippen molar-refractivity contribution in [2.75, 3.05) is 13.2 Å². The fourth-order valence-corrected chi connectivity index (χ4v) is 2.83. The lowest BCUT2D eigenvalue weighted by Gasteiger charge is -2.22. The van der Waals surface area contributed by atoms with E-state index in [4.69, 9.17) is 16.3 Å². The summed E-state index contributed by atoms with van der Waals surface area (Å²) in [7, 11) is 0. The molecule has 1 saturated carbocycles. The molecule has 4 heteroatoms. The molecule has 0 aromatic heterocycles. The Morgan fingerprint density at radius 1 is 1.28 bits per heavy atom. The monoisotopic (exact) mass is 331 g/mol. The Hall–Kier alpha value is -0.250. The summed E-state index contributed by atoms with van der Waals surface area (Å²) in [6, 6.07) is 6.34. The van der Waals surface area contributed by atoms with E-state index in [1.807, 2.05) is 18.2 Å². The van der Waals surface area contributed by atoms with Gasteiger partial charge in [-0.25, -0.2) is 0 Å². The second kappa shape index (κ2) is 7.37. The summed E-state index contributed by atoms with van der Waals surface area (Å²) in [4.78, 5) is 0. The summed E-state index contributed by atoms with van der Waals surface area (Å²) in [5.41, 5.74) is 0. The normalized spacial score (nSPS) is 16.8. The van der Waals surface area contributed by atoms with Crippen molar-refractivity contribution in [2.24, 2.45) is 0 Å². The number of halogens is 2. The van der Waals surface area contributed by atoms with Gasteiger partial charge in [-0.3, -0.25) is 0 Å². The summed E-state index contributed by atoms with van der Waals surface area (Å²) in [6.45, 7) is 1.54. The minimum atomic E-state index is 0.659. The van der Waals surface area contributed by atoms with Crippen LogP contribution in [0.2, 0.25) is 5.02 Å². The minimum absolute atomic E-state index is 0.659. The fraction of sp³-hybridized carbons (Fsp3) is 0.571. The van der Waals surface area contributed by atoms with Gasteiger partial charge >= 0.3 is 0 Å². The highest BCUT2D eigenvalue weighted by Gasteiger charge is 2.12. The number of hydrogen-bond donors (Lipinski definition) is 1. The van der Waals surface area contributed by atoms with Crippen LogP contribution in [0, 0.1) is 0 Å². The van der Waals surface area contributed by atoms with Crippen LogP contribution in [0.3, 0.4) is 0 Å². The first-order chi connectivity index (χ1) is 8.75. The van der Waals surface area contributed by atoms with E-state index in [0.717, 1.165) is 16.8 Å². The number of benzene rings is 1. The van der Waals surface area contributed by atoms with Crippen molar-refractivity contribution in [3.63, 3.8) is 0 Å². The molecule has 0 spiro atoms. The third-order valence-electron chi connectivity index (χ3n) is 3.29. The van der Waals surface area contributed by atoms with Crippen LogP contribution in [-0.4, -0.2) is 19.2 Å². The molecule has 0 radical (unpaired) electrons. The number of ether oxygens (including phenoxy) is 1. The van der Waals surface area contributed by atoms with E-state index in [2.05, 4.69) is 21.2 Å². The molecule has 2 nitrogen and oxygen atoms in total. The molecule has 1 N–H and O–H groups in total. The fourth-order valence-electron chi connectivity index (χ4n) is 2.32. The minimum Gasteiger partial charge on any atom is -0.491 e. The topological polar surface area (TPSA) is 21.3 Å². The highest BCUT2D eigenvalue weighted by molar-refractivity contribution is 9.10. The predicted octanol–water partition coefficient (Wildman–Crippen LogP) is 4.40. The Kier molecular flexibility index (Phi) is 5.80. The molecule has 0 atom stereocenters. The maximum atomic E-state index is 6.06. The zero-order valence-corrected chi connectivity index (χ0v) is 12.8. The van der Waals surface area contributed by atoms with Gasteiger partial charge in [0.05, 0.1) is 5.02 Å². The van der Waals surface area contributed by atoms with Gasteiger partial charge in [-0.15, -0.1) is 0 Å². The Morgan fingerprint density at radius 3 is 2.83 bits per heavy atom. The Morgan fingerprint density at radius 2 is 2.06 bits per heavy atom. The molecule has 1 aromatic rings. The van der Waals surface area contributed by atoms with E-state index in [0.29, 0.717) is 17.7 Å². The first kappa shape index (κ1) is 14.2. The van der Waals surface area contributed by atoms with Gasteiger partial charge in [0.25, 0.3) is 0 Å². The highest BCUT2D eigenvalue weighted by Crippen LogP contribution is 2.27. The smallest absolute Gasteiger partial charge is 0.139 e. The molecule has 2 rings (SSSR count). The summed E-state index contributed by atoms with van der Waals surface area (Å²) in [5, 5.41) is 4.21. The molecule has 1 aliphatic carbocycles. The van der Waals surface area contributed by atoms with Crippen molar-refractivity contribution < 1.29 is 4.74 Å². The summed E-state index contributed by atoms with van der Waals surface area (Å²) >= 11 is 9.47. The van der Waals surface area contributed by atoms with Crippen LogP contribution in [0.1, 0.15) is 32.1 Å². The first-order valence-electron chi connectivity index (χ1n) is 6.57. The van der Waals surface area contributed by atoms with Crippen LogP contribution in [0.4, 0.5) is 0 Å². The molecule has 0 amide bonds. The lowest BCUT2D eigenvalue weighted by Crippen LogP contribution is -2.34. The molecule has 1 aliphatic rings. The molecule has 1 aromatic carbocycles. The Labute approximate surface area is 122 Å². The maximum Gasteiger partial charge on any atom is 0.139 e. The van der Waals surface area contributed by atoms with Gasteiger partial charge in [-0.05, 0) is 31.0 Å². The molecule has 0 unspecified atom stereocenters. The molecule has 18 heavy (non-hydrogen) atoms. The summed E-state index contributed by atoms with van der Waals surface area (Å²) < 4.78 is 6.67. The van der Waals surface area contributed by atoms with Gasteiger partial charge in [0.2, 0.25) is 0 Å². The number of hydrogen-bond acceptors (Lipinski definition) is 2. The largest absolute Gasteiger partial charge is 0.491 e. The number of rotatable bonds is 5. The van der Waals surface area contributed by atoms with Gasteiger partial charge in [0.15, 0.2) is 0 Å². The Balaban J connectivity index is 1.69. The lowest BCUT2D eigenvalue weighted by molar-refractivity contribution is 0.289. The maximum absolute atomic E-state index is 6.06. The number of nitrogens with one attached hydrogen (secondary N) is 1. The quantitative estimate of drug-likeness (QED) is 0.807. The second-order valence-electron chi connectivity index (χ2n) is 4.71.